The van der Waals surface area contributed by atoms with Crippen LogP contribution < -0.4 is 0 Å². The minimum absolute atomic E-state index is 0.00237. The van der Waals surface area contributed by atoms with Crippen LogP contribution in [0.5, 0.6) is 0 Å². The summed E-state index contributed by atoms with van der Waals surface area (Å²) >= 11 is 3.21. The van der Waals surface area contributed by atoms with E-state index in [4.69, 9.17) is 4.74 Å². The molecule has 4 heteroatoms. The minimum atomic E-state index is -0.472. The number of carbonyl (C=O) groups excluding carboxylic acids is 2. The van der Waals surface area contributed by atoms with Gasteiger partial charge in [-0.15, -0.1) is 0 Å². The van der Waals surface area contributed by atoms with Crippen LogP contribution in [0.1, 0.15) is 19.8 Å². The molecular formula is C9H15BrO3. The number of halogens is 1. The van der Waals surface area contributed by atoms with Crippen molar-refractivity contribution in [3.8, 4) is 0 Å². The van der Waals surface area contributed by atoms with Gasteiger partial charge in [-0.05, 0) is 6.42 Å². The lowest BCUT2D eigenvalue weighted by Gasteiger charge is -2.07. The van der Waals surface area contributed by atoms with Gasteiger partial charge >= 0.3 is 0 Å². The summed E-state index contributed by atoms with van der Waals surface area (Å²) in [5.41, 5.74) is 0. The van der Waals surface area contributed by atoms with Crippen LogP contribution >= 0.6 is 15.9 Å². The van der Waals surface area contributed by atoms with Crippen LogP contribution in [0, 0.1) is 5.92 Å². The summed E-state index contributed by atoms with van der Waals surface area (Å²) in [7, 11) is 0. The van der Waals surface area contributed by atoms with Gasteiger partial charge in [-0.2, -0.15) is 0 Å². The second kappa shape index (κ2) is 8.38. The van der Waals surface area contributed by atoms with Crippen LogP contribution in [-0.4, -0.2) is 30.6 Å². The Kier molecular flexibility index (Phi) is 8.24. The maximum atomic E-state index is 11.1. The van der Waals surface area contributed by atoms with Gasteiger partial charge in [-0.25, -0.2) is 0 Å². The fourth-order valence-electron chi connectivity index (χ4n) is 0.934. The largest absolute Gasteiger partial charge is 0.381 e. The first-order valence-corrected chi connectivity index (χ1v) is 5.50. The van der Waals surface area contributed by atoms with Crippen LogP contribution in [-0.2, 0) is 14.3 Å². The average Bonchev–Trinajstić information content (AvgIpc) is 2.17. The van der Waals surface area contributed by atoms with Crippen molar-refractivity contribution >= 4 is 28.0 Å². The molecule has 0 saturated carbocycles. The number of ether oxygens (including phenoxy) is 1. The summed E-state index contributed by atoms with van der Waals surface area (Å²) in [6.45, 7) is 2.85. The van der Waals surface area contributed by atoms with Crippen LogP contribution in [0.4, 0.5) is 0 Å². The molecule has 0 aliphatic carbocycles. The van der Waals surface area contributed by atoms with Crippen molar-refractivity contribution < 1.29 is 14.3 Å². The number of ketones is 1. The highest BCUT2D eigenvalue weighted by Crippen LogP contribution is 2.04. The molecule has 13 heavy (non-hydrogen) atoms. The summed E-state index contributed by atoms with van der Waals surface area (Å²) in [5, 5.41) is 0.778. The number of hydrogen-bond donors (Lipinski definition) is 0. The highest BCUT2D eigenvalue weighted by atomic mass is 79.9. The highest BCUT2D eigenvalue weighted by molar-refractivity contribution is 9.09. The van der Waals surface area contributed by atoms with Crippen molar-refractivity contribution in [3.05, 3.63) is 0 Å². The zero-order valence-electron chi connectivity index (χ0n) is 7.79. The molecule has 0 saturated heterocycles. The Hall–Kier alpha value is -0.220. The first-order chi connectivity index (χ1) is 6.26. The average molecular weight is 251 g/mol. The Morgan fingerprint density at radius 2 is 2.23 bits per heavy atom. The van der Waals surface area contributed by atoms with Gasteiger partial charge in [0.25, 0.3) is 0 Å². The molecule has 0 fully saturated rings. The second-order valence-electron chi connectivity index (χ2n) is 2.65. The van der Waals surface area contributed by atoms with Gasteiger partial charge in [0.05, 0.1) is 12.5 Å². The van der Waals surface area contributed by atoms with E-state index in [1.54, 1.807) is 6.92 Å². The third-order valence-corrected chi connectivity index (χ3v) is 2.04. The number of rotatable bonds is 8. The summed E-state index contributed by atoms with van der Waals surface area (Å²) < 4.78 is 5.15. The molecule has 0 spiro atoms. The summed E-state index contributed by atoms with van der Waals surface area (Å²) in [6.07, 6.45) is 1.63. The number of hydrogen-bond acceptors (Lipinski definition) is 3. The fraction of sp³-hybridized carbons (Fsp3) is 0.778. The number of alkyl halides is 1. The third-order valence-electron chi connectivity index (χ3n) is 1.72. The van der Waals surface area contributed by atoms with Crippen LogP contribution in [0.2, 0.25) is 0 Å². The second-order valence-corrected chi connectivity index (χ2v) is 3.45. The van der Waals surface area contributed by atoms with Crippen molar-refractivity contribution in [1.29, 1.82) is 0 Å². The Morgan fingerprint density at radius 1 is 1.54 bits per heavy atom. The molecule has 0 rings (SSSR count). The van der Waals surface area contributed by atoms with Crippen molar-refractivity contribution in [1.82, 2.24) is 0 Å². The molecule has 0 N–H and O–H groups in total. The van der Waals surface area contributed by atoms with Crippen molar-refractivity contribution in [2.24, 2.45) is 5.92 Å². The topological polar surface area (TPSA) is 43.4 Å². The van der Waals surface area contributed by atoms with Crippen LogP contribution in [0.3, 0.4) is 0 Å². The number of carbonyl (C=O) groups is 2. The van der Waals surface area contributed by atoms with E-state index in [2.05, 4.69) is 15.9 Å². The normalized spacial score (nSPS) is 12.5. The molecule has 0 bridgehead atoms. The molecule has 3 nitrogen and oxygen atoms in total. The summed E-state index contributed by atoms with van der Waals surface area (Å²) in [6, 6.07) is 0. The molecular weight excluding hydrogens is 236 g/mol. The summed E-state index contributed by atoms with van der Waals surface area (Å²) in [5.74, 6) is -0.474. The highest BCUT2D eigenvalue weighted by Gasteiger charge is 2.14. The van der Waals surface area contributed by atoms with E-state index in [-0.39, 0.29) is 5.78 Å². The zero-order valence-corrected chi connectivity index (χ0v) is 9.38. The van der Waals surface area contributed by atoms with Gasteiger partial charge < -0.3 is 9.53 Å². The SMILES string of the molecule is CCC(=O)C(C=O)CCOCCBr. The summed E-state index contributed by atoms with van der Waals surface area (Å²) in [4.78, 5) is 21.6. The Balaban J connectivity index is 3.60. The molecule has 0 aromatic heterocycles. The van der Waals surface area contributed by atoms with Gasteiger partial charge in [-0.3, -0.25) is 4.79 Å². The predicted molar refractivity (Wildman–Crippen MR) is 54.1 cm³/mol. The van der Waals surface area contributed by atoms with Gasteiger partial charge in [0.2, 0.25) is 0 Å². The Labute approximate surface area is 87.0 Å². The smallest absolute Gasteiger partial charge is 0.142 e. The molecule has 0 heterocycles. The fourth-order valence-corrected chi connectivity index (χ4v) is 1.16. The molecule has 1 atom stereocenters. The van der Waals surface area contributed by atoms with Gasteiger partial charge in [0.1, 0.15) is 12.1 Å². The maximum absolute atomic E-state index is 11.1. The predicted octanol–water partition coefficient (Wildman–Crippen LogP) is 1.58. The van der Waals surface area contributed by atoms with E-state index in [0.29, 0.717) is 32.3 Å². The van der Waals surface area contributed by atoms with E-state index in [9.17, 15) is 9.59 Å². The van der Waals surface area contributed by atoms with E-state index >= 15 is 0 Å². The lowest BCUT2D eigenvalue weighted by molar-refractivity contribution is -0.127. The van der Waals surface area contributed by atoms with E-state index in [1.807, 2.05) is 0 Å². The Morgan fingerprint density at radius 3 is 2.69 bits per heavy atom. The van der Waals surface area contributed by atoms with Crippen molar-refractivity contribution in [2.75, 3.05) is 18.5 Å². The molecule has 0 aliphatic rings. The molecule has 0 amide bonds. The monoisotopic (exact) mass is 250 g/mol. The third kappa shape index (κ3) is 5.93. The first kappa shape index (κ1) is 12.8. The van der Waals surface area contributed by atoms with E-state index in [0.717, 1.165) is 5.33 Å². The Bertz CT molecular complexity index is 159. The lowest BCUT2D eigenvalue weighted by Crippen LogP contribution is -2.17. The van der Waals surface area contributed by atoms with E-state index < -0.39 is 5.92 Å². The maximum Gasteiger partial charge on any atom is 0.142 e. The lowest BCUT2D eigenvalue weighted by atomic mass is 10.0. The van der Waals surface area contributed by atoms with Crippen LogP contribution in [0.15, 0.2) is 0 Å². The molecule has 0 aliphatic heterocycles. The minimum Gasteiger partial charge on any atom is -0.381 e. The number of Topliss-reactive ketones (excluding diaryl/α,β-unsaturated/α-hetero) is 1. The molecule has 1 unspecified atom stereocenters. The van der Waals surface area contributed by atoms with Gasteiger partial charge in [-0.1, -0.05) is 22.9 Å². The molecule has 0 aromatic carbocycles. The zero-order chi connectivity index (χ0) is 10.1. The quantitative estimate of drug-likeness (QED) is 0.285. The first-order valence-electron chi connectivity index (χ1n) is 4.38. The van der Waals surface area contributed by atoms with Crippen molar-refractivity contribution in [3.63, 3.8) is 0 Å². The molecule has 0 radical (unpaired) electrons. The van der Waals surface area contributed by atoms with E-state index in [1.165, 1.54) is 0 Å². The van der Waals surface area contributed by atoms with Crippen LogP contribution in [0.25, 0.3) is 0 Å². The van der Waals surface area contributed by atoms with Gasteiger partial charge in [0, 0.05) is 18.4 Å². The molecule has 0 aromatic rings. The molecule has 76 valence electrons. The number of aldehydes is 1. The van der Waals surface area contributed by atoms with Gasteiger partial charge in [0.15, 0.2) is 0 Å². The standard InChI is InChI=1S/C9H15BrO3/c1-2-9(12)8(7-11)3-5-13-6-4-10/h7-8H,2-6H2,1H3. The van der Waals surface area contributed by atoms with Crippen molar-refractivity contribution in [2.45, 2.75) is 19.8 Å².